The van der Waals surface area contributed by atoms with E-state index >= 15 is 0 Å². The topological polar surface area (TPSA) is 15.7 Å². The van der Waals surface area contributed by atoms with Crippen LogP contribution < -0.4 is 5.19 Å². The fourth-order valence-corrected chi connectivity index (χ4v) is 5.95. The molecule has 1 heterocycles. The first-order valence-corrected chi connectivity index (χ1v) is 12.2. The number of methoxy groups -OCH3 is 1. The molecule has 1 fully saturated rings. The van der Waals surface area contributed by atoms with Gasteiger partial charge in [-0.3, -0.25) is 0 Å². The van der Waals surface area contributed by atoms with Gasteiger partial charge < -0.3 is 14.5 Å². The summed E-state index contributed by atoms with van der Waals surface area (Å²) < 4.78 is 5.57. The van der Waals surface area contributed by atoms with Gasteiger partial charge in [0, 0.05) is 39.5 Å². The zero-order chi connectivity index (χ0) is 19.8. The van der Waals surface area contributed by atoms with Gasteiger partial charge in [-0.25, -0.2) is 0 Å². The lowest BCUT2D eigenvalue weighted by Crippen LogP contribution is -2.45. The van der Waals surface area contributed by atoms with Gasteiger partial charge in [0.15, 0.2) is 0 Å². The van der Waals surface area contributed by atoms with E-state index in [0.717, 1.165) is 11.8 Å². The van der Waals surface area contributed by atoms with E-state index in [4.69, 9.17) is 4.74 Å². The van der Waals surface area contributed by atoms with Crippen LogP contribution >= 0.6 is 0 Å². The number of rotatable bonds is 9. The molecule has 0 aliphatic carbocycles. The Labute approximate surface area is 172 Å². The first-order chi connectivity index (χ1) is 13.7. The maximum atomic E-state index is 5.57. The molecule has 0 N–H and O–H groups in total. The summed E-state index contributed by atoms with van der Waals surface area (Å²) in [6.45, 7) is 10.3. The highest BCUT2D eigenvalue weighted by Gasteiger charge is 2.17. The second-order valence-corrected chi connectivity index (χ2v) is 10.3. The molecule has 4 heteroatoms. The molecule has 0 atom stereocenters. The van der Waals surface area contributed by atoms with Crippen molar-refractivity contribution in [1.29, 1.82) is 0 Å². The van der Waals surface area contributed by atoms with Crippen LogP contribution in [0.4, 0.5) is 0 Å². The molecule has 0 bridgehead atoms. The second-order valence-electron chi connectivity index (χ2n) is 7.71. The average Bonchev–Trinajstić information content (AvgIpc) is 2.75. The summed E-state index contributed by atoms with van der Waals surface area (Å²) in [7, 11) is 3.37. The molecule has 1 aliphatic rings. The van der Waals surface area contributed by atoms with Crippen molar-refractivity contribution in [3.63, 3.8) is 0 Å². The van der Waals surface area contributed by atoms with E-state index in [1.165, 1.54) is 61.5 Å². The Morgan fingerprint density at radius 3 is 2.25 bits per heavy atom. The SMILES string of the molecule is C=C(c1ccccc1)c1ccc([Si](CCCN2CCN(C)CC2)COC)cc1. The molecule has 0 amide bonds. The summed E-state index contributed by atoms with van der Waals surface area (Å²) in [6, 6.07) is 20.7. The van der Waals surface area contributed by atoms with Crippen LogP contribution in [-0.2, 0) is 4.74 Å². The van der Waals surface area contributed by atoms with Gasteiger partial charge >= 0.3 is 0 Å². The fraction of sp³-hybridized carbons (Fsp3) is 0.417. The second kappa shape index (κ2) is 10.7. The highest BCUT2D eigenvalue weighted by molar-refractivity contribution is 6.73. The van der Waals surface area contributed by atoms with Crippen molar-refractivity contribution in [2.45, 2.75) is 12.5 Å². The molecule has 149 valence electrons. The van der Waals surface area contributed by atoms with Gasteiger partial charge in [0.05, 0.1) is 0 Å². The molecule has 0 saturated carbocycles. The van der Waals surface area contributed by atoms with E-state index in [2.05, 4.69) is 72.0 Å². The molecule has 0 aromatic heterocycles. The van der Waals surface area contributed by atoms with E-state index in [-0.39, 0.29) is 0 Å². The summed E-state index contributed by atoms with van der Waals surface area (Å²) >= 11 is 0. The summed E-state index contributed by atoms with van der Waals surface area (Å²) in [5.74, 6) is 0. The van der Waals surface area contributed by atoms with Crippen molar-refractivity contribution in [1.82, 2.24) is 9.80 Å². The third-order valence-corrected chi connectivity index (χ3v) is 8.38. The number of piperazine rings is 1. The average molecular weight is 394 g/mol. The first-order valence-electron chi connectivity index (χ1n) is 10.3. The van der Waals surface area contributed by atoms with Crippen LogP contribution in [0.15, 0.2) is 61.2 Å². The summed E-state index contributed by atoms with van der Waals surface area (Å²) in [4.78, 5) is 5.03. The van der Waals surface area contributed by atoms with Crippen molar-refractivity contribution in [2.75, 3.05) is 53.1 Å². The zero-order valence-corrected chi connectivity index (χ0v) is 18.4. The molecular weight excluding hydrogens is 360 g/mol. The standard InChI is InChI=1S/C24H33N2OSi/c1-21(22-8-5-4-6-9-22)23-10-12-24(13-11-23)28(20-27-3)19-7-14-26-17-15-25(2)16-18-26/h4-6,8-13H,1,7,14-20H2,2-3H3. The number of hydrogen-bond acceptors (Lipinski definition) is 3. The predicted molar refractivity (Wildman–Crippen MR) is 122 cm³/mol. The smallest absolute Gasteiger partial charge is 0.116 e. The van der Waals surface area contributed by atoms with Crippen LogP contribution in [0, 0.1) is 0 Å². The van der Waals surface area contributed by atoms with Crippen molar-refractivity contribution in [2.24, 2.45) is 0 Å². The van der Waals surface area contributed by atoms with E-state index < -0.39 is 8.80 Å². The highest BCUT2D eigenvalue weighted by Crippen LogP contribution is 2.20. The fourth-order valence-electron chi connectivity index (χ4n) is 3.77. The molecule has 28 heavy (non-hydrogen) atoms. The highest BCUT2D eigenvalue weighted by atomic mass is 28.3. The summed E-state index contributed by atoms with van der Waals surface area (Å²) in [5.41, 5.74) is 3.47. The van der Waals surface area contributed by atoms with Crippen molar-refractivity contribution >= 4 is 19.6 Å². The van der Waals surface area contributed by atoms with Crippen molar-refractivity contribution in [3.8, 4) is 0 Å². The van der Waals surface area contributed by atoms with Gasteiger partial charge in [0.25, 0.3) is 0 Å². The predicted octanol–water partition coefficient (Wildman–Crippen LogP) is 3.27. The third-order valence-electron chi connectivity index (χ3n) is 5.63. The number of hydrogen-bond donors (Lipinski definition) is 0. The van der Waals surface area contributed by atoms with E-state index in [1.807, 2.05) is 13.2 Å². The minimum atomic E-state index is -0.679. The lowest BCUT2D eigenvalue weighted by Gasteiger charge is -2.32. The van der Waals surface area contributed by atoms with Crippen LogP contribution in [0.2, 0.25) is 6.04 Å². The molecule has 1 radical (unpaired) electrons. The van der Waals surface area contributed by atoms with Gasteiger partial charge in [-0.2, -0.15) is 0 Å². The molecule has 1 aliphatic heterocycles. The number of nitrogens with zero attached hydrogens (tertiary/aromatic N) is 2. The normalized spacial score (nSPS) is 15.8. The summed E-state index contributed by atoms with van der Waals surface area (Å²) in [5, 5.41) is 1.47. The zero-order valence-electron chi connectivity index (χ0n) is 17.4. The molecule has 0 spiro atoms. The largest absolute Gasteiger partial charge is 0.388 e. The van der Waals surface area contributed by atoms with Crippen LogP contribution in [0.3, 0.4) is 0 Å². The molecule has 2 aromatic rings. The quantitative estimate of drug-likeness (QED) is 0.608. The van der Waals surface area contributed by atoms with Crippen LogP contribution in [0.1, 0.15) is 17.5 Å². The Hall–Kier alpha value is -1.72. The monoisotopic (exact) mass is 393 g/mol. The number of ether oxygens (including phenoxy) is 1. The minimum absolute atomic E-state index is 0.679. The molecule has 3 rings (SSSR count). The van der Waals surface area contributed by atoms with Crippen LogP contribution in [-0.4, -0.2) is 71.7 Å². The van der Waals surface area contributed by atoms with Crippen molar-refractivity contribution < 1.29 is 4.74 Å². The van der Waals surface area contributed by atoms with E-state index in [1.54, 1.807) is 0 Å². The Morgan fingerprint density at radius 2 is 1.61 bits per heavy atom. The van der Waals surface area contributed by atoms with E-state index in [9.17, 15) is 0 Å². The molecule has 0 unspecified atom stereocenters. The third kappa shape index (κ3) is 5.88. The van der Waals surface area contributed by atoms with Gasteiger partial charge in [-0.05, 0) is 36.7 Å². The lowest BCUT2D eigenvalue weighted by atomic mass is 10.00. The Morgan fingerprint density at radius 1 is 0.964 bits per heavy atom. The van der Waals surface area contributed by atoms with Gasteiger partial charge in [-0.15, -0.1) is 0 Å². The van der Waals surface area contributed by atoms with Gasteiger partial charge in [0.1, 0.15) is 8.80 Å². The molecule has 2 aromatic carbocycles. The van der Waals surface area contributed by atoms with Crippen LogP contribution in [0.25, 0.3) is 5.57 Å². The van der Waals surface area contributed by atoms with Gasteiger partial charge in [0.2, 0.25) is 0 Å². The number of likely N-dealkylation sites (N-methyl/N-ethyl adjacent to an activating group) is 1. The molecule has 1 saturated heterocycles. The van der Waals surface area contributed by atoms with Crippen molar-refractivity contribution in [3.05, 3.63) is 72.3 Å². The maximum absolute atomic E-state index is 5.57. The minimum Gasteiger partial charge on any atom is -0.388 e. The molecule has 3 nitrogen and oxygen atoms in total. The number of benzene rings is 2. The van der Waals surface area contributed by atoms with Crippen LogP contribution in [0.5, 0.6) is 0 Å². The lowest BCUT2D eigenvalue weighted by molar-refractivity contribution is 0.154. The maximum Gasteiger partial charge on any atom is 0.116 e. The summed E-state index contributed by atoms with van der Waals surface area (Å²) in [6.07, 6.45) is 2.15. The van der Waals surface area contributed by atoms with E-state index in [0.29, 0.717) is 0 Å². The molecular formula is C24H33N2OSi. The van der Waals surface area contributed by atoms with Gasteiger partial charge in [-0.1, -0.05) is 72.4 Å². The Kier molecular flexibility index (Phi) is 8.04. The first kappa shape index (κ1) is 21.0. The Bertz CT molecular complexity index is 724. The Balaban J connectivity index is 1.56.